The Hall–Kier alpha value is -2.33. The Kier molecular flexibility index (Phi) is 12.4. The monoisotopic (exact) mass is 532 g/mol. The lowest BCUT2D eigenvalue weighted by molar-refractivity contribution is -0.911. The van der Waals surface area contributed by atoms with Crippen molar-refractivity contribution in [2.75, 3.05) is 71.4 Å². The van der Waals surface area contributed by atoms with E-state index in [0.29, 0.717) is 32.1 Å². The van der Waals surface area contributed by atoms with Crippen molar-refractivity contribution in [3.05, 3.63) is 36.7 Å². The second-order valence-electron chi connectivity index (χ2n) is 11.0. The van der Waals surface area contributed by atoms with E-state index in [0.717, 1.165) is 53.9 Å². The fourth-order valence-corrected chi connectivity index (χ4v) is 4.83. The number of hydrogen-bond donors (Lipinski definition) is 2. The van der Waals surface area contributed by atoms with Crippen LogP contribution < -0.4 is 9.47 Å². The molecule has 2 N–H and O–H groups in total. The Balaban J connectivity index is 2.32. The van der Waals surface area contributed by atoms with Crippen LogP contribution in [0.25, 0.3) is 0 Å². The van der Waals surface area contributed by atoms with Gasteiger partial charge in [0.25, 0.3) is 0 Å². The highest BCUT2D eigenvalue weighted by Crippen LogP contribution is 2.22. The second-order valence-corrected chi connectivity index (χ2v) is 11.0. The number of benzene rings is 1. The van der Waals surface area contributed by atoms with E-state index in [1.165, 1.54) is 5.69 Å². The van der Waals surface area contributed by atoms with Crippen LogP contribution in [0.1, 0.15) is 41.5 Å². The van der Waals surface area contributed by atoms with Crippen molar-refractivity contribution in [1.29, 1.82) is 0 Å². The van der Waals surface area contributed by atoms with Gasteiger partial charge in [-0.05, 0) is 65.8 Å². The van der Waals surface area contributed by atoms with Crippen LogP contribution in [0.4, 0.5) is 17.3 Å². The van der Waals surface area contributed by atoms with E-state index in [-0.39, 0.29) is 0 Å². The molecule has 0 aliphatic rings. The number of aliphatic hydroxyl groups excluding tert-OH is 2. The second kappa shape index (κ2) is 14.7. The van der Waals surface area contributed by atoms with Crippen LogP contribution in [0.5, 0.6) is 0 Å². The lowest BCUT2D eigenvalue weighted by Gasteiger charge is -2.33. The molecule has 1 heterocycles. The molecule has 2 unspecified atom stereocenters. The van der Waals surface area contributed by atoms with Crippen LogP contribution in [0, 0.1) is 0 Å². The average Bonchev–Trinajstić information content (AvgIpc) is 3.28. The van der Waals surface area contributed by atoms with Gasteiger partial charge in [0.05, 0.1) is 52.7 Å². The smallest absolute Gasteiger partial charge is 0.384 e. The molecule has 2 aromatic rings. The van der Waals surface area contributed by atoms with E-state index in [4.69, 9.17) is 0 Å². The van der Waals surface area contributed by atoms with E-state index >= 15 is 0 Å². The molecule has 2 rings (SSSR count). The number of nitrogens with zero attached hydrogens (tertiary/aromatic N) is 7. The Labute approximate surface area is 230 Å². The van der Waals surface area contributed by atoms with Crippen molar-refractivity contribution in [2.45, 2.75) is 66.8 Å². The molecule has 38 heavy (non-hydrogen) atoms. The highest BCUT2D eigenvalue weighted by molar-refractivity contribution is 5.52. The van der Waals surface area contributed by atoms with Crippen LogP contribution in [0.2, 0.25) is 0 Å². The number of rotatable bonds is 17. The number of imidazole rings is 1. The molecule has 0 saturated heterocycles. The van der Waals surface area contributed by atoms with Gasteiger partial charge in [-0.25, -0.2) is 9.13 Å². The zero-order valence-corrected chi connectivity index (χ0v) is 25.2. The summed E-state index contributed by atoms with van der Waals surface area (Å²) in [7, 11) is 4.35. The van der Waals surface area contributed by atoms with Gasteiger partial charge in [-0.2, -0.15) is 0 Å². The van der Waals surface area contributed by atoms with E-state index in [2.05, 4.69) is 82.9 Å². The summed E-state index contributed by atoms with van der Waals surface area (Å²) in [6.07, 6.45) is 2.83. The van der Waals surface area contributed by atoms with Crippen molar-refractivity contribution in [1.82, 2.24) is 4.57 Å². The van der Waals surface area contributed by atoms with Crippen molar-refractivity contribution in [3.8, 4) is 0 Å². The van der Waals surface area contributed by atoms with E-state index in [1.54, 1.807) is 0 Å². The quantitative estimate of drug-likeness (QED) is 0.185. The molecular weight excluding hydrogens is 478 g/mol. The van der Waals surface area contributed by atoms with Gasteiger partial charge in [-0.1, -0.05) is 5.11 Å². The highest BCUT2D eigenvalue weighted by Gasteiger charge is 2.28. The van der Waals surface area contributed by atoms with Crippen molar-refractivity contribution < 1.29 is 23.7 Å². The van der Waals surface area contributed by atoms with Crippen molar-refractivity contribution in [3.63, 3.8) is 0 Å². The standard InChI is InChI=1S/C29H54N7O2/c1-9-32(10-2)26-17-15-25(16-18-26)30-31-29-33(21-27(37)23-35(7,11-3)12-4)19-20-34(29)22-28(38)24-36(8,13-5)14-6/h15-20,27-28,37-38H,9-14,21-24H2,1-8H3/q+3. The van der Waals surface area contributed by atoms with Gasteiger partial charge in [0, 0.05) is 23.9 Å². The first-order valence-corrected chi connectivity index (χ1v) is 14.4. The van der Waals surface area contributed by atoms with Gasteiger partial charge in [0.2, 0.25) is 0 Å². The summed E-state index contributed by atoms with van der Waals surface area (Å²) in [5.41, 5.74) is 1.93. The predicted octanol–water partition coefficient (Wildman–Crippen LogP) is 3.73. The first-order chi connectivity index (χ1) is 18.1. The molecule has 9 heteroatoms. The summed E-state index contributed by atoms with van der Waals surface area (Å²) in [5.74, 6) is 0.625. The van der Waals surface area contributed by atoms with Gasteiger partial charge < -0.3 is 24.1 Å². The molecule has 0 bridgehead atoms. The van der Waals surface area contributed by atoms with Crippen LogP contribution in [-0.4, -0.2) is 102 Å². The summed E-state index contributed by atoms with van der Waals surface area (Å²) in [6.45, 7) is 20.9. The Morgan fingerprint density at radius 1 is 0.816 bits per heavy atom. The fourth-order valence-electron chi connectivity index (χ4n) is 4.83. The third-order valence-corrected chi connectivity index (χ3v) is 8.35. The zero-order valence-electron chi connectivity index (χ0n) is 25.2. The minimum absolute atomic E-state index is 0.421. The highest BCUT2D eigenvalue weighted by atomic mass is 16.3. The number of hydrogen-bond acceptors (Lipinski definition) is 5. The maximum Gasteiger partial charge on any atom is 0.421 e. The molecule has 1 aromatic heterocycles. The third kappa shape index (κ3) is 8.86. The third-order valence-electron chi connectivity index (χ3n) is 8.35. The molecular formula is C29H54N7O2+3. The first-order valence-electron chi connectivity index (χ1n) is 14.4. The van der Waals surface area contributed by atoms with Gasteiger partial charge in [-0.3, -0.25) is 0 Å². The number of aliphatic hydroxyl groups is 2. The number of likely N-dealkylation sites (N-methyl/N-ethyl adjacent to an activating group) is 2. The van der Waals surface area contributed by atoms with Crippen LogP contribution in [-0.2, 0) is 13.1 Å². The normalized spacial score (nSPS) is 14.3. The Morgan fingerprint density at radius 3 is 1.84 bits per heavy atom. The largest absolute Gasteiger partial charge is 0.421 e. The number of anilines is 1. The molecule has 0 spiro atoms. The minimum Gasteiger partial charge on any atom is -0.384 e. The summed E-state index contributed by atoms with van der Waals surface area (Å²) in [5, 5.41) is 31.1. The first kappa shape index (κ1) is 31.9. The zero-order chi connectivity index (χ0) is 28.3. The topological polar surface area (TPSA) is 77.2 Å². The summed E-state index contributed by atoms with van der Waals surface area (Å²) in [4.78, 5) is 2.29. The molecule has 0 aliphatic heterocycles. The van der Waals surface area contributed by atoms with Crippen LogP contribution >= 0.6 is 0 Å². The van der Waals surface area contributed by atoms with Gasteiger partial charge in [0.1, 0.15) is 44.1 Å². The van der Waals surface area contributed by atoms with E-state index < -0.39 is 12.2 Å². The Morgan fingerprint density at radius 2 is 1.34 bits per heavy atom. The molecule has 0 amide bonds. The average molecular weight is 533 g/mol. The van der Waals surface area contributed by atoms with Crippen molar-refractivity contribution in [2.24, 2.45) is 10.2 Å². The predicted molar refractivity (Wildman–Crippen MR) is 155 cm³/mol. The molecule has 0 saturated carbocycles. The lowest BCUT2D eigenvalue weighted by atomic mass is 10.2. The number of azo groups is 1. The fraction of sp³-hybridized carbons (Fsp3) is 0.690. The van der Waals surface area contributed by atoms with E-state index in [1.807, 2.05) is 33.7 Å². The molecule has 214 valence electrons. The van der Waals surface area contributed by atoms with Crippen LogP contribution in [0.15, 0.2) is 46.9 Å². The summed E-state index contributed by atoms with van der Waals surface area (Å²) < 4.78 is 5.52. The van der Waals surface area contributed by atoms with E-state index in [9.17, 15) is 10.2 Å². The number of quaternary nitrogens is 2. The SMILES string of the molecule is CCN(CC)c1ccc(N=Nc2n(CC(O)C[N+](C)(CC)CC)cc[n+]2CC(O)C[N+](C)(CC)CC)cc1. The lowest BCUT2D eigenvalue weighted by Crippen LogP contribution is -2.52. The number of aromatic nitrogens is 2. The summed E-state index contributed by atoms with van der Waals surface area (Å²) >= 11 is 0. The van der Waals surface area contributed by atoms with Crippen LogP contribution in [0.3, 0.4) is 0 Å². The maximum atomic E-state index is 11.0. The summed E-state index contributed by atoms with van der Waals surface area (Å²) in [6, 6.07) is 8.11. The Bertz CT molecular complexity index is 932. The minimum atomic E-state index is -0.520. The van der Waals surface area contributed by atoms with Gasteiger partial charge in [-0.15, -0.1) is 0 Å². The molecule has 1 aromatic carbocycles. The van der Waals surface area contributed by atoms with Gasteiger partial charge in [0.15, 0.2) is 0 Å². The maximum absolute atomic E-state index is 11.0. The van der Waals surface area contributed by atoms with Gasteiger partial charge >= 0.3 is 5.95 Å². The molecule has 0 aliphatic carbocycles. The molecule has 0 radical (unpaired) electrons. The van der Waals surface area contributed by atoms with Crippen molar-refractivity contribution >= 4 is 17.3 Å². The molecule has 2 atom stereocenters. The molecule has 0 fully saturated rings. The molecule has 9 nitrogen and oxygen atoms in total.